The summed E-state index contributed by atoms with van der Waals surface area (Å²) in [5.74, 6) is -0.0783. The Morgan fingerprint density at radius 3 is 2.85 bits per heavy atom. The lowest BCUT2D eigenvalue weighted by Gasteiger charge is -2.09. The fraction of sp³-hybridized carbons (Fsp3) is 0.400. The molecule has 0 bridgehead atoms. The number of nitrogens with two attached hydrogens (primary N) is 1. The summed E-state index contributed by atoms with van der Waals surface area (Å²) in [4.78, 5) is 17.2. The molecule has 0 saturated carbocycles. The minimum atomic E-state index is -0.0783. The molecule has 5 heteroatoms. The lowest BCUT2D eigenvalue weighted by Crippen LogP contribution is -2.25. The molecule has 1 aromatic heterocycles. The number of fused-ring (bicyclic) bond motifs is 1. The van der Waals surface area contributed by atoms with Gasteiger partial charge in [0.15, 0.2) is 0 Å². The SMILES string of the molecule is CN(C)CCCCNC(=O)c1cc2cccc(N)c2[nH]1. The van der Waals surface area contributed by atoms with Gasteiger partial charge in [0.1, 0.15) is 5.69 Å². The Labute approximate surface area is 119 Å². The molecule has 0 fully saturated rings. The highest BCUT2D eigenvalue weighted by Crippen LogP contribution is 2.20. The van der Waals surface area contributed by atoms with Crippen molar-refractivity contribution in [2.24, 2.45) is 0 Å². The molecule has 2 rings (SSSR count). The third-order valence-electron chi connectivity index (χ3n) is 3.25. The molecule has 0 aliphatic rings. The number of carbonyl (C=O) groups excluding carboxylic acids is 1. The Balaban J connectivity index is 1.90. The van der Waals surface area contributed by atoms with Crippen LogP contribution in [0.5, 0.6) is 0 Å². The topological polar surface area (TPSA) is 74.2 Å². The van der Waals surface area contributed by atoms with E-state index in [1.807, 2.05) is 38.4 Å². The molecule has 0 unspecified atom stereocenters. The van der Waals surface area contributed by atoms with Gasteiger partial charge < -0.3 is 20.9 Å². The van der Waals surface area contributed by atoms with E-state index in [2.05, 4.69) is 15.2 Å². The smallest absolute Gasteiger partial charge is 0.267 e. The number of para-hydroxylation sites is 1. The summed E-state index contributed by atoms with van der Waals surface area (Å²) < 4.78 is 0. The number of nitrogens with one attached hydrogen (secondary N) is 2. The van der Waals surface area contributed by atoms with Gasteiger partial charge in [-0.15, -0.1) is 0 Å². The molecule has 20 heavy (non-hydrogen) atoms. The summed E-state index contributed by atoms with van der Waals surface area (Å²) in [6.07, 6.45) is 2.05. The maximum atomic E-state index is 12.0. The van der Waals surface area contributed by atoms with Crippen molar-refractivity contribution in [3.8, 4) is 0 Å². The number of hydrogen-bond donors (Lipinski definition) is 3. The van der Waals surface area contributed by atoms with Crippen molar-refractivity contribution in [2.45, 2.75) is 12.8 Å². The molecular weight excluding hydrogens is 252 g/mol. The number of amides is 1. The molecule has 4 N–H and O–H groups in total. The van der Waals surface area contributed by atoms with Crippen molar-refractivity contribution in [3.05, 3.63) is 30.0 Å². The Kier molecular flexibility index (Phi) is 4.63. The Morgan fingerprint density at radius 2 is 2.15 bits per heavy atom. The van der Waals surface area contributed by atoms with Crippen LogP contribution in [0.3, 0.4) is 0 Å². The molecule has 5 nitrogen and oxygen atoms in total. The number of unbranched alkanes of at least 4 members (excludes halogenated alkanes) is 1. The van der Waals surface area contributed by atoms with Crippen LogP contribution in [0.15, 0.2) is 24.3 Å². The van der Waals surface area contributed by atoms with E-state index in [9.17, 15) is 4.79 Å². The van der Waals surface area contributed by atoms with E-state index in [1.165, 1.54) is 0 Å². The second kappa shape index (κ2) is 6.43. The van der Waals surface area contributed by atoms with Crippen molar-refractivity contribution in [1.29, 1.82) is 0 Å². The standard InChI is InChI=1S/C15H22N4O/c1-19(2)9-4-3-8-17-15(20)13-10-11-6-5-7-12(16)14(11)18-13/h5-7,10,18H,3-4,8-9,16H2,1-2H3,(H,17,20). The van der Waals surface area contributed by atoms with Gasteiger partial charge in [-0.3, -0.25) is 4.79 Å². The highest BCUT2D eigenvalue weighted by atomic mass is 16.1. The van der Waals surface area contributed by atoms with Crippen molar-refractivity contribution < 1.29 is 4.79 Å². The molecule has 1 amide bonds. The van der Waals surface area contributed by atoms with E-state index in [1.54, 1.807) is 0 Å². The normalized spacial score (nSPS) is 11.2. The molecule has 0 spiro atoms. The maximum Gasteiger partial charge on any atom is 0.267 e. The van der Waals surface area contributed by atoms with E-state index >= 15 is 0 Å². The first-order valence-electron chi connectivity index (χ1n) is 6.88. The molecule has 0 saturated heterocycles. The number of H-pyrrole nitrogens is 1. The third kappa shape index (κ3) is 3.51. The summed E-state index contributed by atoms with van der Waals surface area (Å²) in [6.45, 7) is 1.73. The summed E-state index contributed by atoms with van der Waals surface area (Å²) in [7, 11) is 4.10. The zero-order chi connectivity index (χ0) is 14.5. The van der Waals surface area contributed by atoms with Gasteiger partial charge in [-0.2, -0.15) is 0 Å². The largest absolute Gasteiger partial charge is 0.397 e. The number of carbonyl (C=O) groups is 1. The zero-order valence-electron chi connectivity index (χ0n) is 12.1. The van der Waals surface area contributed by atoms with Crippen LogP contribution < -0.4 is 11.1 Å². The van der Waals surface area contributed by atoms with Gasteiger partial charge in [0.05, 0.1) is 11.2 Å². The van der Waals surface area contributed by atoms with Crippen LogP contribution in [-0.4, -0.2) is 43.0 Å². The number of benzene rings is 1. The number of nitrogens with zero attached hydrogens (tertiary/aromatic N) is 1. The molecule has 0 atom stereocenters. The van der Waals surface area contributed by atoms with Gasteiger partial charge in [-0.1, -0.05) is 12.1 Å². The summed E-state index contributed by atoms with van der Waals surface area (Å²) in [5, 5.41) is 3.88. The van der Waals surface area contributed by atoms with E-state index in [-0.39, 0.29) is 5.91 Å². The van der Waals surface area contributed by atoms with Crippen molar-refractivity contribution in [2.75, 3.05) is 32.9 Å². The number of aromatic nitrogens is 1. The van der Waals surface area contributed by atoms with E-state index in [0.717, 1.165) is 30.3 Å². The van der Waals surface area contributed by atoms with Gasteiger partial charge in [0.2, 0.25) is 0 Å². The summed E-state index contributed by atoms with van der Waals surface area (Å²) in [6, 6.07) is 7.48. The minimum absolute atomic E-state index is 0.0783. The fourth-order valence-corrected chi connectivity index (χ4v) is 2.15. The molecule has 1 aromatic carbocycles. The molecule has 0 aliphatic heterocycles. The lowest BCUT2D eigenvalue weighted by molar-refractivity contribution is 0.0948. The zero-order valence-corrected chi connectivity index (χ0v) is 12.1. The first-order chi connectivity index (χ1) is 9.58. The molecule has 1 heterocycles. The Morgan fingerprint density at radius 1 is 1.35 bits per heavy atom. The monoisotopic (exact) mass is 274 g/mol. The quantitative estimate of drug-likeness (QED) is 0.555. The Bertz CT molecular complexity index is 589. The number of anilines is 1. The van der Waals surface area contributed by atoms with Gasteiger partial charge in [0, 0.05) is 11.9 Å². The minimum Gasteiger partial charge on any atom is -0.397 e. The van der Waals surface area contributed by atoms with Crippen molar-refractivity contribution >= 4 is 22.5 Å². The average Bonchev–Trinajstić information content (AvgIpc) is 2.83. The van der Waals surface area contributed by atoms with Crippen LogP contribution in [0.2, 0.25) is 0 Å². The lowest BCUT2D eigenvalue weighted by atomic mass is 10.2. The molecule has 0 aliphatic carbocycles. The molecule has 108 valence electrons. The average molecular weight is 274 g/mol. The molecule has 0 radical (unpaired) electrons. The number of nitrogen functional groups attached to an aromatic ring is 1. The highest BCUT2D eigenvalue weighted by Gasteiger charge is 2.09. The predicted octanol–water partition coefficient (Wildman–Crippen LogP) is 1.82. The second-order valence-corrected chi connectivity index (χ2v) is 5.26. The number of aromatic amines is 1. The maximum absolute atomic E-state index is 12.0. The Hall–Kier alpha value is -2.01. The van der Waals surface area contributed by atoms with Crippen LogP contribution >= 0.6 is 0 Å². The molecule has 2 aromatic rings. The summed E-state index contributed by atoms with van der Waals surface area (Å²) in [5.41, 5.74) is 7.91. The van der Waals surface area contributed by atoms with Gasteiger partial charge in [-0.05, 0) is 45.6 Å². The predicted molar refractivity (Wildman–Crippen MR) is 82.8 cm³/mol. The van der Waals surface area contributed by atoms with Crippen molar-refractivity contribution in [3.63, 3.8) is 0 Å². The van der Waals surface area contributed by atoms with Crippen LogP contribution in [0, 0.1) is 0 Å². The second-order valence-electron chi connectivity index (χ2n) is 5.26. The first-order valence-corrected chi connectivity index (χ1v) is 6.88. The number of rotatable bonds is 6. The van der Waals surface area contributed by atoms with Crippen LogP contribution in [0.4, 0.5) is 5.69 Å². The van der Waals surface area contributed by atoms with Gasteiger partial charge >= 0.3 is 0 Å². The number of hydrogen-bond acceptors (Lipinski definition) is 3. The molecular formula is C15H22N4O. The van der Waals surface area contributed by atoms with Crippen LogP contribution in [-0.2, 0) is 0 Å². The third-order valence-corrected chi connectivity index (χ3v) is 3.25. The van der Waals surface area contributed by atoms with Gasteiger partial charge in [0.25, 0.3) is 5.91 Å². The van der Waals surface area contributed by atoms with Crippen molar-refractivity contribution in [1.82, 2.24) is 15.2 Å². The summed E-state index contributed by atoms with van der Waals surface area (Å²) >= 11 is 0. The fourth-order valence-electron chi connectivity index (χ4n) is 2.15. The van der Waals surface area contributed by atoms with Crippen LogP contribution in [0.1, 0.15) is 23.3 Å². The first kappa shape index (κ1) is 14.4. The van der Waals surface area contributed by atoms with Crippen LogP contribution in [0.25, 0.3) is 10.9 Å². The van der Waals surface area contributed by atoms with Gasteiger partial charge in [-0.25, -0.2) is 0 Å². The van der Waals surface area contributed by atoms with E-state index < -0.39 is 0 Å². The van der Waals surface area contributed by atoms with E-state index in [4.69, 9.17) is 5.73 Å². The van der Waals surface area contributed by atoms with E-state index in [0.29, 0.717) is 17.9 Å². The highest BCUT2D eigenvalue weighted by molar-refractivity contribution is 6.00.